The first-order valence-corrected chi connectivity index (χ1v) is 3.31. The van der Waals surface area contributed by atoms with Crippen LogP contribution >= 0.6 is 0 Å². The van der Waals surface area contributed by atoms with Crippen molar-refractivity contribution in [2.24, 2.45) is 0 Å². The predicted molar refractivity (Wildman–Crippen MR) is 41.1 cm³/mol. The molecule has 3 nitrogen and oxygen atoms in total. The summed E-state index contributed by atoms with van der Waals surface area (Å²) in [5.74, 6) is 0.299. The standard InChI is InChI=1S/C8H12O3/c1-6(9)4-8(11-3)5-7(2)10/h4H,5H2,1-3H3. The van der Waals surface area contributed by atoms with Crippen molar-refractivity contribution >= 4 is 11.6 Å². The van der Waals surface area contributed by atoms with Gasteiger partial charge in [-0.3, -0.25) is 9.59 Å². The number of carbonyl (C=O) groups excluding carboxylic acids is 2. The molecule has 11 heavy (non-hydrogen) atoms. The van der Waals surface area contributed by atoms with Crippen molar-refractivity contribution in [3.05, 3.63) is 11.8 Å². The molecule has 0 saturated heterocycles. The summed E-state index contributed by atoms with van der Waals surface area (Å²) in [5, 5.41) is 0. The van der Waals surface area contributed by atoms with Crippen LogP contribution in [-0.2, 0) is 14.3 Å². The quantitative estimate of drug-likeness (QED) is 0.452. The van der Waals surface area contributed by atoms with E-state index >= 15 is 0 Å². The Morgan fingerprint density at radius 1 is 1.36 bits per heavy atom. The average molecular weight is 156 g/mol. The second-order valence-electron chi connectivity index (χ2n) is 2.30. The summed E-state index contributed by atoms with van der Waals surface area (Å²) in [6.07, 6.45) is 1.51. The highest BCUT2D eigenvalue weighted by atomic mass is 16.5. The number of rotatable bonds is 4. The molecule has 0 aliphatic heterocycles. The van der Waals surface area contributed by atoms with Crippen LogP contribution in [0.15, 0.2) is 11.8 Å². The SMILES string of the molecule is COC(=CC(C)=O)CC(C)=O. The number of methoxy groups -OCH3 is 1. The fourth-order valence-electron chi connectivity index (χ4n) is 0.654. The number of carbonyl (C=O) groups is 2. The van der Waals surface area contributed by atoms with Gasteiger partial charge in [0.05, 0.1) is 13.5 Å². The number of Topliss-reactive ketones (excluding diaryl/α,β-unsaturated/α-hetero) is 1. The summed E-state index contributed by atoms with van der Waals surface area (Å²) in [4.78, 5) is 21.1. The van der Waals surface area contributed by atoms with Gasteiger partial charge in [0.1, 0.15) is 11.5 Å². The Morgan fingerprint density at radius 3 is 2.18 bits per heavy atom. The third-order valence-electron chi connectivity index (χ3n) is 1.05. The lowest BCUT2D eigenvalue weighted by Crippen LogP contribution is -1.98. The monoisotopic (exact) mass is 156 g/mol. The van der Waals surface area contributed by atoms with Crippen molar-refractivity contribution in [1.29, 1.82) is 0 Å². The first-order valence-electron chi connectivity index (χ1n) is 3.31. The molecular formula is C8H12O3. The molecule has 0 radical (unpaired) electrons. The second-order valence-corrected chi connectivity index (χ2v) is 2.30. The van der Waals surface area contributed by atoms with Crippen LogP contribution in [-0.4, -0.2) is 18.7 Å². The summed E-state index contributed by atoms with van der Waals surface area (Å²) in [7, 11) is 1.44. The Morgan fingerprint density at radius 2 is 1.91 bits per heavy atom. The van der Waals surface area contributed by atoms with E-state index in [2.05, 4.69) is 0 Å². The highest BCUT2D eigenvalue weighted by Crippen LogP contribution is 2.02. The van der Waals surface area contributed by atoms with Gasteiger partial charge in [-0.2, -0.15) is 0 Å². The van der Waals surface area contributed by atoms with Crippen LogP contribution in [0.25, 0.3) is 0 Å². The fourth-order valence-corrected chi connectivity index (χ4v) is 0.654. The zero-order chi connectivity index (χ0) is 8.85. The summed E-state index contributed by atoms with van der Waals surface area (Å²) in [5.41, 5.74) is 0. The van der Waals surface area contributed by atoms with Crippen molar-refractivity contribution in [2.45, 2.75) is 20.3 Å². The molecule has 0 N–H and O–H groups in total. The largest absolute Gasteiger partial charge is 0.501 e. The van der Waals surface area contributed by atoms with Gasteiger partial charge in [0.15, 0.2) is 5.78 Å². The van der Waals surface area contributed by atoms with Gasteiger partial charge < -0.3 is 4.74 Å². The van der Waals surface area contributed by atoms with Crippen LogP contribution in [0.2, 0.25) is 0 Å². The van der Waals surface area contributed by atoms with Gasteiger partial charge in [0.2, 0.25) is 0 Å². The third-order valence-corrected chi connectivity index (χ3v) is 1.05. The Labute approximate surface area is 66.0 Å². The molecule has 0 saturated carbocycles. The lowest BCUT2D eigenvalue weighted by Gasteiger charge is -2.01. The third kappa shape index (κ3) is 5.33. The van der Waals surface area contributed by atoms with E-state index in [1.165, 1.54) is 27.0 Å². The van der Waals surface area contributed by atoms with Gasteiger partial charge in [0.25, 0.3) is 0 Å². The van der Waals surface area contributed by atoms with E-state index in [9.17, 15) is 9.59 Å². The van der Waals surface area contributed by atoms with Gasteiger partial charge >= 0.3 is 0 Å². The lowest BCUT2D eigenvalue weighted by atomic mass is 10.2. The molecule has 0 spiro atoms. The molecular weight excluding hydrogens is 144 g/mol. The maximum atomic E-state index is 10.6. The Kier molecular flexibility index (Phi) is 4.18. The van der Waals surface area contributed by atoms with E-state index in [1.54, 1.807) is 0 Å². The zero-order valence-corrected chi connectivity index (χ0v) is 7.01. The average Bonchev–Trinajstić information content (AvgIpc) is 1.84. The molecule has 0 aliphatic rings. The van der Waals surface area contributed by atoms with Crippen LogP contribution in [0.3, 0.4) is 0 Å². The van der Waals surface area contributed by atoms with Crippen LogP contribution in [0.5, 0.6) is 0 Å². The molecule has 0 aliphatic carbocycles. The maximum Gasteiger partial charge on any atom is 0.155 e. The van der Waals surface area contributed by atoms with Gasteiger partial charge in [-0.1, -0.05) is 0 Å². The molecule has 0 atom stereocenters. The van der Waals surface area contributed by atoms with E-state index in [0.29, 0.717) is 5.76 Å². The molecule has 62 valence electrons. The van der Waals surface area contributed by atoms with Crippen molar-refractivity contribution < 1.29 is 14.3 Å². The van der Waals surface area contributed by atoms with Crippen molar-refractivity contribution in [3.63, 3.8) is 0 Å². The molecule has 0 rings (SSSR count). The topological polar surface area (TPSA) is 43.4 Å². The fraction of sp³-hybridized carbons (Fsp3) is 0.500. The van der Waals surface area contributed by atoms with Crippen molar-refractivity contribution in [1.82, 2.24) is 0 Å². The van der Waals surface area contributed by atoms with E-state index in [1.807, 2.05) is 0 Å². The summed E-state index contributed by atoms with van der Waals surface area (Å²) in [6, 6.07) is 0. The molecule has 0 bridgehead atoms. The Balaban J connectivity index is 4.16. The normalized spacial score (nSPS) is 11.0. The zero-order valence-electron chi connectivity index (χ0n) is 7.01. The van der Waals surface area contributed by atoms with E-state index in [4.69, 9.17) is 4.74 Å². The minimum atomic E-state index is -0.108. The highest BCUT2D eigenvalue weighted by molar-refractivity contribution is 5.89. The smallest absolute Gasteiger partial charge is 0.155 e. The summed E-state index contributed by atoms with van der Waals surface area (Å²) < 4.78 is 4.79. The van der Waals surface area contributed by atoms with E-state index in [0.717, 1.165) is 0 Å². The molecule has 0 unspecified atom stereocenters. The van der Waals surface area contributed by atoms with Crippen molar-refractivity contribution in [2.75, 3.05) is 7.11 Å². The molecule has 3 heteroatoms. The van der Waals surface area contributed by atoms with Gasteiger partial charge in [-0.25, -0.2) is 0 Å². The van der Waals surface area contributed by atoms with Crippen molar-refractivity contribution in [3.8, 4) is 0 Å². The minimum Gasteiger partial charge on any atom is -0.501 e. The van der Waals surface area contributed by atoms with E-state index in [-0.39, 0.29) is 18.0 Å². The van der Waals surface area contributed by atoms with Gasteiger partial charge in [0, 0.05) is 6.08 Å². The molecule has 0 aromatic carbocycles. The Bertz CT molecular complexity index is 192. The highest BCUT2D eigenvalue weighted by Gasteiger charge is 2.01. The predicted octanol–water partition coefficient (Wildman–Crippen LogP) is 1.08. The molecule has 0 amide bonds. The van der Waals surface area contributed by atoms with Crippen LogP contribution < -0.4 is 0 Å². The summed E-state index contributed by atoms with van der Waals surface area (Å²) in [6.45, 7) is 2.87. The lowest BCUT2D eigenvalue weighted by molar-refractivity contribution is -0.116. The van der Waals surface area contributed by atoms with Gasteiger partial charge in [-0.05, 0) is 13.8 Å². The molecule has 0 heterocycles. The Hall–Kier alpha value is -1.12. The van der Waals surface area contributed by atoms with Crippen LogP contribution in [0, 0.1) is 0 Å². The molecule has 0 fully saturated rings. The minimum absolute atomic E-state index is 0.0145. The van der Waals surface area contributed by atoms with Crippen LogP contribution in [0.1, 0.15) is 20.3 Å². The number of ether oxygens (including phenoxy) is 1. The molecule has 0 aromatic rings. The first-order chi connectivity index (χ1) is 5.06. The first kappa shape index (κ1) is 9.88. The summed E-state index contributed by atoms with van der Waals surface area (Å²) >= 11 is 0. The maximum absolute atomic E-state index is 10.6. The van der Waals surface area contributed by atoms with E-state index < -0.39 is 0 Å². The number of allylic oxidation sites excluding steroid dienone is 2. The molecule has 0 aromatic heterocycles. The second kappa shape index (κ2) is 4.66. The number of hydrogen-bond donors (Lipinski definition) is 0. The van der Waals surface area contributed by atoms with Crippen LogP contribution in [0.4, 0.5) is 0 Å². The number of ketones is 2. The number of hydrogen-bond acceptors (Lipinski definition) is 3. The van der Waals surface area contributed by atoms with Gasteiger partial charge in [-0.15, -0.1) is 0 Å².